The number of aromatic amines is 1. The van der Waals surface area contributed by atoms with E-state index in [2.05, 4.69) is 10.2 Å². The Morgan fingerprint density at radius 2 is 2.06 bits per heavy atom. The predicted octanol–water partition coefficient (Wildman–Crippen LogP) is 2.46. The van der Waals surface area contributed by atoms with Gasteiger partial charge in [0.2, 0.25) is 0 Å². The molecule has 1 heterocycles. The highest BCUT2D eigenvalue weighted by molar-refractivity contribution is 6.30. The van der Waals surface area contributed by atoms with Crippen LogP contribution >= 0.6 is 11.6 Å². The molecule has 0 saturated heterocycles. The number of H-pyrrole nitrogens is 1. The molecule has 0 amide bonds. The average Bonchev–Trinajstić information content (AvgIpc) is 2.69. The normalized spacial score (nSPS) is 12.7. The molecule has 0 fully saturated rings. The molecule has 0 bridgehead atoms. The van der Waals surface area contributed by atoms with Gasteiger partial charge in [-0.2, -0.15) is 5.10 Å². The lowest BCUT2D eigenvalue weighted by molar-refractivity contribution is 0.779. The van der Waals surface area contributed by atoms with Crippen LogP contribution in [0.3, 0.4) is 0 Å². The van der Waals surface area contributed by atoms with Crippen molar-refractivity contribution in [2.75, 3.05) is 6.54 Å². The van der Waals surface area contributed by atoms with Gasteiger partial charge >= 0.3 is 0 Å². The molecule has 0 spiro atoms. The van der Waals surface area contributed by atoms with Gasteiger partial charge < -0.3 is 5.73 Å². The third-order valence-corrected chi connectivity index (χ3v) is 2.84. The minimum absolute atomic E-state index is 0.127. The lowest BCUT2D eigenvalue weighted by Gasteiger charge is -2.12. The van der Waals surface area contributed by atoms with E-state index < -0.39 is 0 Å². The second-order valence-corrected chi connectivity index (χ2v) is 4.25. The van der Waals surface area contributed by atoms with Gasteiger partial charge in [-0.15, -0.1) is 0 Å². The largest absolute Gasteiger partial charge is 0.329 e. The maximum absolute atomic E-state index is 5.86. The summed E-state index contributed by atoms with van der Waals surface area (Å²) in [6.45, 7) is 2.51. The molecule has 2 aromatic rings. The zero-order chi connectivity index (χ0) is 11.5. The van der Waals surface area contributed by atoms with Gasteiger partial charge in [-0.05, 0) is 30.7 Å². The Kier molecular flexibility index (Phi) is 3.27. The van der Waals surface area contributed by atoms with Crippen LogP contribution in [0, 0.1) is 6.92 Å². The van der Waals surface area contributed by atoms with Crippen LogP contribution in [0.25, 0.3) is 0 Å². The topological polar surface area (TPSA) is 54.7 Å². The van der Waals surface area contributed by atoms with Crippen molar-refractivity contribution in [3.05, 3.63) is 52.3 Å². The van der Waals surface area contributed by atoms with Crippen LogP contribution in [0.2, 0.25) is 5.02 Å². The minimum atomic E-state index is 0.127. The summed E-state index contributed by atoms with van der Waals surface area (Å²) < 4.78 is 0. The molecule has 3 N–H and O–H groups in total. The zero-order valence-electron chi connectivity index (χ0n) is 9.07. The minimum Gasteiger partial charge on any atom is -0.329 e. The summed E-state index contributed by atoms with van der Waals surface area (Å²) >= 11 is 5.86. The summed E-state index contributed by atoms with van der Waals surface area (Å²) in [5, 5.41) is 7.91. The van der Waals surface area contributed by atoms with E-state index >= 15 is 0 Å². The van der Waals surface area contributed by atoms with E-state index in [-0.39, 0.29) is 5.92 Å². The Hall–Kier alpha value is -1.32. The molecule has 1 aromatic carbocycles. The molecule has 84 valence electrons. The fraction of sp³-hybridized carbons (Fsp3) is 0.250. The zero-order valence-corrected chi connectivity index (χ0v) is 9.83. The number of nitrogens with one attached hydrogen (secondary N) is 1. The van der Waals surface area contributed by atoms with Gasteiger partial charge in [-0.25, -0.2) is 0 Å². The molecule has 16 heavy (non-hydrogen) atoms. The van der Waals surface area contributed by atoms with Crippen molar-refractivity contribution >= 4 is 11.6 Å². The summed E-state index contributed by atoms with van der Waals surface area (Å²) in [7, 11) is 0. The van der Waals surface area contributed by atoms with Gasteiger partial charge in [0.25, 0.3) is 0 Å². The van der Waals surface area contributed by atoms with Crippen molar-refractivity contribution < 1.29 is 0 Å². The van der Waals surface area contributed by atoms with Gasteiger partial charge in [0.15, 0.2) is 0 Å². The Morgan fingerprint density at radius 1 is 1.38 bits per heavy atom. The van der Waals surface area contributed by atoms with Crippen molar-refractivity contribution in [2.24, 2.45) is 5.73 Å². The fourth-order valence-electron chi connectivity index (χ4n) is 1.74. The van der Waals surface area contributed by atoms with Crippen LogP contribution in [-0.2, 0) is 0 Å². The summed E-state index contributed by atoms with van der Waals surface area (Å²) in [6, 6.07) is 9.75. The van der Waals surface area contributed by atoms with E-state index in [0.29, 0.717) is 6.54 Å². The maximum atomic E-state index is 5.86. The summed E-state index contributed by atoms with van der Waals surface area (Å²) in [4.78, 5) is 0. The Morgan fingerprint density at radius 3 is 2.56 bits per heavy atom. The van der Waals surface area contributed by atoms with Gasteiger partial charge in [-0.3, -0.25) is 5.10 Å². The van der Waals surface area contributed by atoms with Gasteiger partial charge in [0, 0.05) is 23.2 Å². The van der Waals surface area contributed by atoms with Crippen molar-refractivity contribution in [3.8, 4) is 0 Å². The van der Waals surface area contributed by atoms with Gasteiger partial charge in [0.1, 0.15) is 0 Å². The number of benzene rings is 1. The van der Waals surface area contributed by atoms with Crippen molar-refractivity contribution in [1.29, 1.82) is 0 Å². The highest BCUT2D eigenvalue weighted by Crippen LogP contribution is 2.23. The number of rotatable bonds is 3. The Balaban J connectivity index is 2.32. The first-order valence-corrected chi connectivity index (χ1v) is 5.56. The molecule has 1 aromatic heterocycles. The first-order chi connectivity index (χ1) is 7.70. The monoisotopic (exact) mass is 235 g/mol. The maximum Gasteiger partial charge on any atom is 0.0712 e. The van der Waals surface area contributed by atoms with Crippen LogP contribution in [-0.4, -0.2) is 16.7 Å². The smallest absolute Gasteiger partial charge is 0.0712 e. The van der Waals surface area contributed by atoms with Crippen molar-refractivity contribution in [3.63, 3.8) is 0 Å². The average molecular weight is 236 g/mol. The molecule has 0 aliphatic carbocycles. The molecule has 1 atom stereocenters. The Bertz CT molecular complexity index is 461. The molecular weight excluding hydrogens is 222 g/mol. The van der Waals surface area contributed by atoms with Crippen molar-refractivity contribution in [2.45, 2.75) is 12.8 Å². The fourth-order valence-corrected chi connectivity index (χ4v) is 1.87. The van der Waals surface area contributed by atoms with E-state index in [0.717, 1.165) is 22.0 Å². The third kappa shape index (κ3) is 2.26. The summed E-state index contributed by atoms with van der Waals surface area (Å²) in [6.07, 6.45) is 0. The van der Waals surface area contributed by atoms with Crippen molar-refractivity contribution in [1.82, 2.24) is 10.2 Å². The number of nitrogens with two attached hydrogens (primary N) is 1. The third-order valence-electron chi connectivity index (χ3n) is 2.59. The van der Waals surface area contributed by atoms with E-state index in [1.165, 1.54) is 0 Å². The molecule has 0 aliphatic heterocycles. The van der Waals surface area contributed by atoms with E-state index in [9.17, 15) is 0 Å². The van der Waals surface area contributed by atoms with Crippen LogP contribution < -0.4 is 5.73 Å². The molecule has 1 unspecified atom stereocenters. The van der Waals surface area contributed by atoms with E-state index in [1.54, 1.807) is 0 Å². The number of aryl methyl sites for hydroxylation is 1. The number of aromatic nitrogens is 2. The quantitative estimate of drug-likeness (QED) is 0.859. The molecule has 0 aliphatic rings. The van der Waals surface area contributed by atoms with Crippen LogP contribution in [0.15, 0.2) is 30.3 Å². The predicted molar refractivity (Wildman–Crippen MR) is 65.7 cm³/mol. The van der Waals surface area contributed by atoms with Gasteiger partial charge in [-0.1, -0.05) is 23.7 Å². The number of nitrogens with zero attached hydrogens (tertiary/aromatic N) is 1. The molecule has 4 heteroatoms. The SMILES string of the molecule is Cc1cc(C(CN)c2ccc(Cl)cc2)n[nH]1. The molecule has 0 radical (unpaired) electrons. The number of hydrogen-bond acceptors (Lipinski definition) is 2. The second kappa shape index (κ2) is 4.68. The summed E-state index contributed by atoms with van der Waals surface area (Å²) in [5.74, 6) is 0.127. The highest BCUT2D eigenvalue weighted by atomic mass is 35.5. The highest BCUT2D eigenvalue weighted by Gasteiger charge is 2.14. The lowest BCUT2D eigenvalue weighted by atomic mass is 9.96. The van der Waals surface area contributed by atoms with Gasteiger partial charge in [0.05, 0.1) is 5.69 Å². The van der Waals surface area contributed by atoms with Crippen LogP contribution in [0.4, 0.5) is 0 Å². The lowest BCUT2D eigenvalue weighted by Crippen LogP contribution is -2.14. The van der Waals surface area contributed by atoms with E-state index in [4.69, 9.17) is 17.3 Å². The number of halogens is 1. The second-order valence-electron chi connectivity index (χ2n) is 3.82. The van der Waals surface area contributed by atoms with E-state index in [1.807, 2.05) is 37.3 Å². The molecule has 2 rings (SSSR count). The van der Waals surface area contributed by atoms with Crippen LogP contribution in [0.5, 0.6) is 0 Å². The standard InChI is InChI=1S/C12H14ClN3/c1-8-6-12(16-15-8)11(7-14)9-2-4-10(13)5-3-9/h2-6,11H,7,14H2,1H3,(H,15,16). The Labute approximate surface area is 99.6 Å². The summed E-state index contributed by atoms with van der Waals surface area (Å²) in [5.41, 5.74) is 8.95. The number of hydrogen-bond donors (Lipinski definition) is 2. The molecule has 3 nitrogen and oxygen atoms in total. The first-order valence-electron chi connectivity index (χ1n) is 5.18. The van der Waals surface area contributed by atoms with Crippen LogP contribution in [0.1, 0.15) is 22.9 Å². The first kappa shape index (κ1) is 11.2. The molecular formula is C12H14ClN3. The molecule has 0 saturated carbocycles.